The number of hydrogen-bond acceptors (Lipinski definition) is 2. The molecule has 0 N–H and O–H groups in total. The van der Waals surface area contributed by atoms with Crippen molar-refractivity contribution in [2.24, 2.45) is 0 Å². The second kappa shape index (κ2) is 6.22. The van der Waals surface area contributed by atoms with Crippen LogP contribution in [0.15, 0.2) is 48.7 Å². The summed E-state index contributed by atoms with van der Waals surface area (Å²) in [5, 5.41) is 0.586. The van der Waals surface area contributed by atoms with Crippen molar-refractivity contribution in [2.45, 2.75) is 6.92 Å². The lowest BCUT2D eigenvalue weighted by molar-refractivity contribution is 0.359. The van der Waals surface area contributed by atoms with Crippen LogP contribution in [0, 0.1) is 6.92 Å². The largest absolute Gasteiger partial charge is 0.488 e. The van der Waals surface area contributed by atoms with E-state index >= 15 is 0 Å². The first-order valence-corrected chi connectivity index (χ1v) is 6.10. The summed E-state index contributed by atoms with van der Waals surface area (Å²) >= 11 is 5.87. The summed E-state index contributed by atoms with van der Waals surface area (Å²) in [7, 11) is 0. The Morgan fingerprint density at radius 1 is 1.28 bits per heavy atom. The maximum absolute atomic E-state index is 5.87. The predicted molar refractivity (Wildman–Crippen MR) is 75.0 cm³/mol. The molecule has 0 saturated carbocycles. The average Bonchev–Trinajstić information content (AvgIpc) is 2.40. The van der Waals surface area contributed by atoms with Crippen molar-refractivity contribution in [1.82, 2.24) is 4.98 Å². The molecule has 1 heterocycles. The molecule has 2 nitrogen and oxygen atoms in total. The Morgan fingerprint density at radius 2 is 2.06 bits per heavy atom. The van der Waals surface area contributed by atoms with Crippen LogP contribution in [0.4, 0.5) is 0 Å². The van der Waals surface area contributed by atoms with Crippen molar-refractivity contribution >= 4 is 17.7 Å². The van der Waals surface area contributed by atoms with Gasteiger partial charge in [0.15, 0.2) is 0 Å². The fourth-order valence-electron chi connectivity index (χ4n) is 1.52. The van der Waals surface area contributed by atoms with E-state index in [4.69, 9.17) is 16.3 Å². The third-order valence-corrected chi connectivity index (χ3v) is 2.66. The fourth-order valence-corrected chi connectivity index (χ4v) is 1.67. The molecular formula is C15H14ClNO. The van der Waals surface area contributed by atoms with Gasteiger partial charge < -0.3 is 4.74 Å². The van der Waals surface area contributed by atoms with Gasteiger partial charge in [0.05, 0.1) is 10.7 Å². The van der Waals surface area contributed by atoms with Crippen molar-refractivity contribution in [3.8, 4) is 5.75 Å². The number of aryl methyl sites for hydroxylation is 1. The van der Waals surface area contributed by atoms with Crippen LogP contribution in [-0.2, 0) is 0 Å². The van der Waals surface area contributed by atoms with Crippen molar-refractivity contribution in [2.75, 3.05) is 6.61 Å². The second-order valence-corrected chi connectivity index (χ2v) is 4.30. The Morgan fingerprint density at radius 3 is 2.83 bits per heavy atom. The van der Waals surface area contributed by atoms with Gasteiger partial charge in [-0.2, -0.15) is 0 Å². The zero-order valence-corrected chi connectivity index (χ0v) is 10.9. The third-order valence-electron chi connectivity index (χ3n) is 2.45. The van der Waals surface area contributed by atoms with E-state index in [0.717, 1.165) is 17.0 Å². The van der Waals surface area contributed by atoms with E-state index in [0.29, 0.717) is 11.6 Å². The number of benzene rings is 1. The molecule has 0 spiro atoms. The lowest BCUT2D eigenvalue weighted by Gasteiger charge is -2.06. The molecule has 3 heteroatoms. The van der Waals surface area contributed by atoms with E-state index in [1.54, 1.807) is 12.3 Å². The number of nitrogens with zero attached hydrogens (tertiary/aromatic N) is 1. The molecule has 0 atom stereocenters. The highest BCUT2D eigenvalue weighted by Crippen LogP contribution is 2.19. The monoisotopic (exact) mass is 259 g/mol. The third kappa shape index (κ3) is 3.60. The first kappa shape index (κ1) is 12.7. The highest BCUT2D eigenvalue weighted by Gasteiger charge is 2.00. The molecule has 2 rings (SSSR count). The molecule has 0 aliphatic rings. The van der Waals surface area contributed by atoms with Gasteiger partial charge in [0, 0.05) is 12.3 Å². The molecule has 1 aromatic carbocycles. The lowest BCUT2D eigenvalue weighted by Crippen LogP contribution is -1.96. The predicted octanol–water partition coefficient (Wildman–Crippen LogP) is 4.14. The highest BCUT2D eigenvalue weighted by atomic mass is 35.5. The molecule has 0 aliphatic heterocycles. The molecular weight excluding hydrogens is 246 g/mol. The van der Waals surface area contributed by atoms with Gasteiger partial charge >= 0.3 is 0 Å². The number of aromatic nitrogens is 1. The van der Waals surface area contributed by atoms with Gasteiger partial charge in [-0.3, -0.25) is 4.98 Å². The Balaban J connectivity index is 1.92. The van der Waals surface area contributed by atoms with E-state index in [-0.39, 0.29) is 0 Å². The summed E-state index contributed by atoms with van der Waals surface area (Å²) in [5.74, 6) is 0.722. The maximum atomic E-state index is 5.87. The molecule has 0 saturated heterocycles. The van der Waals surface area contributed by atoms with Crippen LogP contribution < -0.4 is 4.74 Å². The van der Waals surface area contributed by atoms with Crippen LogP contribution >= 0.6 is 11.6 Å². The van der Waals surface area contributed by atoms with Crippen LogP contribution in [0.2, 0.25) is 5.02 Å². The normalized spacial score (nSPS) is 10.8. The first-order chi connectivity index (χ1) is 8.75. The Kier molecular flexibility index (Phi) is 4.37. The molecule has 0 aliphatic carbocycles. The molecule has 0 radical (unpaired) electrons. The summed E-state index contributed by atoms with van der Waals surface area (Å²) < 4.78 is 5.61. The van der Waals surface area contributed by atoms with Crippen molar-refractivity contribution in [3.05, 3.63) is 65.0 Å². The van der Waals surface area contributed by atoms with Crippen LogP contribution in [0.5, 0.6) is 5.75 Å². The number of pyridine rings is 1. The number of halogens is 1. The molecule has 92 valence electrons. The fraction of sp³-hybridized carbons (Fsp3) is 0.133. The molecule has 1 aromatic heterocycles. The number of ether oxygens (including phenoxy) is 1. The van der Waals surface area contributed by atoms with Crippen molar-refractivity contribution in [3.63, 3.8) is 0 Å². The molecule has 18 heavy (non-hydrogen) atoms. The molecule has 2 aromatic rings. The Labute approximate surface area is 112 Å². The molecule has 0 amide bonds. The minimum atomic E-state index is 0.498. The smallest absolute Gasteiger partial charge is 0.142 e. The zero-order valence-electron chi connectivity index (χ0n) is 10.1. The van der Waals surface area contributed by atoms with Gasteiger partial charge in [-0.1, -0.05) is 48.0 Å². The van der Waals surface area contributed by atoms with E-state index in [1.165, 1.54) is 0 Å². The van der Waals surface area contributed by atoms with Crippen molar-refractivity contribution < 1.29 is 4.74 Å². The molecule has 0 unspecified atom stereocenters. The van der Waals surface area contributed by atoms with Crippen molar-refractivity contribution in [1.29, 1.82) is 0 Å². The summed E-state index contributed by atoms with van der Waals surface area (Å²) in [6.45, 7) is 2.39. The topological polar surface area (TPSA) is 22.1 Å². The van der Waals surface area contributed by atoms with Gasteiger partial charge in [-0.15, -0.1) is 0 Å². The first-order valence-electron chi connectivity index (χ1n) is 5.72. The Hall–Kier alpha value is -1.80. The second-order valence-electron chi connectivity index (χ2n) is 3.86. The van der Waals surface area contributed by atoms with E-state index in [1.807, 2.05) is 49.4 Å². The van der Waals surface area contributed by atoms with Crippen LogP contribution in [0.1, 0.15) is 11.3 Å². The average molecular weight is 260 g/mol. The van der Waals surface area contributed by atoms with Gasteiger partial charge in [-0.05, 0) is 18.6 Å². The van der Waals surface area contributed by atoms with Gasteiger partial charge in [0.25, 0.3) is 0 Å². The van der Waals surface area contributed by atoms with Crippen LogP contribution in [0.3, 0.4) is 0 Å². The number of rotatable bonds is 4. The standard InChI is InChI=1S/C15H14ClNO/c1-12-15(10-14(16)11-17-12)18-9-5-8-13-6-3-2-4-7-13/h2-8,10-11H,9H2,1H3/b8-5+. The van der Waals surface area contributed by atoms with Crippen LogP contribution in [-0.4, -0.2) is 11.6 Å². The minimum Gasteiger partial charge on any atom is -0.488 e. The summed E-state index contributed by atoms with van der Waals surface area (Å²) in [4.78, 5) is 4.13. The molecule has 0 fully saturated rings. The highest BCUT2D eigenvalue weighted by molar-refractivity contribution is 6.30. The lowest BCUT2D eigenvalue weighted by atomic mass is 10.2. The molecule has 0 bridgehead atoms. The SMILES string of the molecule is Cc1ncc(Cl)cc1OC/C=C/c1ccccc1. The number of hydrogen-bond donors (Lipinski definition) is 0. The summed E-state index contributed by atoms with van der Waals surface area (Å²) in [6.07, 6.45) is 5.60. The van der Waals surface area contributed by atoms with Gasteiger partial charge in [-0.25, -0.2) is 0 Å². The minimum absolute atomic E-state index is 0.498. The van der Waals surface area contributed by atoms with Gasteiger partial charge in [0.2, 0.25) is 0 Å². The zero-order chi connectivity index (χ0) is 12.8. The summed E-state index contributed by atoms with van der Waals surface area (Å²) in [5.41, 5.74) is 1.99. The van der Waals surface area contributed by atoms with E-state index in [2.05, 4.69) is 4.98 Å². The Bertz CT molecular complexity index is 537. The quantitative estimate of drug-likeness (QED) is 0.823. The summed E-state index contributed by atoms with van der Waals surface area (Å²) in [6, 6.07) is 11.9. The maximum Gasteiger partial charge on any atom is 0.142 e. The van der Waals surface area contributed by atoms with E-state index < -0.39 is 0 Å². The van der Waals surface area contributed by atoms with E-state index in [9.17, 15) is 0 Å². The van der Waals surface area contributed by atoms with Crippen LogP contribution in [0.25, 0.3) is 6.08 Å². The van der Waals surface area contributed by atoms with Gasteiger partial charge in [0.1, 0.15) is 12.4 Å².